The zero-order valence-corrected chi connectivity index (χ0v) is 13.5. The van der Waals surface area contributed by atoms with Gasteiger partial charge in [0, 0.05) is 18.5 Å². The molecule has 3 aromatic rings. The van der Waals surface area contributed by atoms with Crippen molar-refractivity contribution in [3.63, 3.8) is 0 Å². The van der Waals surface area contributed by atoms with Gasteiger partial charge in [0.2, 0.25) is 0 Å². The number of halogens is 4. The van der Waals surface area contributed by atoms with E-state index in [0.717, 1.165) is 16.8 Å². The number of nitrogens with one attached hydrogen (secondary N) is 1. The smallest absolute Gasteiger partial charge is 0.417 e. The predicted molar refractivity (Wildman–Crippen MR) is 85.9 cm³/mol. The molecule has 2 N–H and O–H groups in total. The SMILES string of the molecule is O=C(O)c1cc(Nc2ccc(C(F)(F)F)cn2)nn1-c1ncccc1Cl. The van der Waals surface area contributed by atoms with Crippen molar-refractivity contribution < 1.29 is 23.1 Å². The Labute approximate surface area is 149 Å². The third kappa shape index (κ3) is 3.59. The number of nitrogens with zero attached hydrogens (tertiary/aromatic N) is 4. The van der Waals surface area contributed by atoms with Gasteiger partial charge in [-0.2, -0.15) is 13.2 Å². The first-order valence-electron chi connectivity index (χ1n) is 7.00. The minimum atomic E-state index is -4.50. The number of rotatable bonds is 4. The van der Waals surface area contributed by atoms with Crippen LogP contribution in [0.3, 0.4) is 0 Å². The minimum absolute atomic E-state index is 0.0522. The number of aromatic nitrogens is 4. The fourth-order valence-corrected chi connectivity index (χ4v) is 2.26. The molecule has 0 aliphatic heterocycles. The summed E-state index contributed by atoms with van der Waals surface area (Å²) in [5.74, 6) is -1.07. The van der Waals surface area contributed by atoms with Gasteiger partial charge < -0.3 is 10.4 Å². The maximum absolute atomic E-state index is 12.6. The van der Waals surface area contributed by atoms with E-state index in [4.69, 9.17) is 11.6 Å². The lowest BCUT2D eigenvalue weighted by molar-refractivity contribution is -0.137. The van der Waals surface area contributed by atoms with Crippen molar-refractivity contribution in [1.29, 1.82) is 0 Å². The Morgan fingerprint density at radius 3 is 2.54 bits per heavy atom. The van der Waals surface area contributed by atoms with Gasteiger partial charge in [0.1, 0.15) is 5.82 Å². The number of alkyl halides is 3. The highest BCUT2D eigenvalue weighted by atomic mass is 35.5. The van der Waals surface area contributed by atoms with Crippen molar-refractivity contribution in [2.75, 3.05) is 5.32 Å². The molecule has 0 aliphatic rings. The van der Waals surface area contributed by atoms with Crippen LogP contribution in [0.1, 0.15) is 16.1 Å². The molecular weight excluding hydrogens is 375 g/mol. The molecule has 0 aromatic carbocycles. The van der Waals surface area contributed by atoms with E-state index in [-0.39, 0.29) is 28.2 Å². The lowest BCUT2D eigenvalue weighted by Crippen LogP contribution is -2.09. The molecule has 26 heavy (non-hydrogen) atoms. The zero-order chi connectivity index (χ0) is 18.9. The largest absolute Gasteiger partial charge is 0.477 e. The van der Waals surface area contributed by atoms with Gasteiger partial charge in [-0.3, -0.25) is 0 Å². The average molecular weight is 384 g/mol. The van der Waals surface area contributed by atoms with E-state index >= 15 is 0 Å². The molecule has 7 nitrogen and oxygen atoms in total. The van der Waals surface area contributed by atoms with Gasteiger partial charge in [-0.1, -0.05) is 11.6 Å². The van der Waals surface area contributed by atoms with Crippen molar-refractivity contribution in [2.24, 2.45) is 0 Å². The van der Waals surface area contributed by atoms with Crippen LogP contribution in [0.25, 0.3) is 5.82 Å². The topological polar surface area (TPSA) is 92.9 Å². The van der Waals surface area contributed by atoms with Crippen LogP contribution in [0.2, 0.25) is 5.02 Å². The van der Waals surface area contributed by atoms with Gasteiger partial charge in [-0.15, -0.1) is 5.10 Å². The normalized spacial score (nSPS) is 11.4. The van der Waals surface area contributed by atoms with E-state index < -0.39 is 17.7 Å². The summed E-state index contributed by atoms with van der Waals surface area (Å²) in [7, 11) is 0. The van der Waals surface area contributed by atoms with Crippen LogP contribution in [0.15, 0.2) is 42.7 Å². The third-order valence-electron chi connectivity index (χ3n) is 3.22. The minimum Gasteiger partial charge on any atom is -0.477 e. The predicted octanol–water partition coefficient (Wildman–Crippen LogP) is 3.78. The Morgan fingerprint density at radius 1 is 1.19 bits per heavy atom. The molecule has 0 spiro atoms. The maximum Gasteiger partial charge on any atom is 0.417 e. The molecule has 3 rings (SSSR count). The van der Waals surface area contributed by atoms with E-state index in [2.05, 4.69) is 20.4 Å². The van der Waals surface area contributed by atoms with Crippen LogP contribution >= 0.6 is 11.6 Å². The van der Waals surface area contributed by atoms with Gasteiger partial charge >= 0.3 is 12.1 Å². The third-order valence-corrected chi connectivity index (χ3v) is 3.51. The molecule has 0 unspecified atom stereocenters. The summed E-state index contributed by atoms with van der Waals surface area (Å²) in [6.07, 6.45) is -2.43. The number of aromatic carboxylic acids is 1. The number of carboxylic acids is 1. The van der Waals surface area contributed by atoms with Crippen molar-refractivity contribution in [1.82, 2.24) is 19.7 Å². The molecule has 0 amide bonds. The molecule has 3 aromatic heterocycles. The van der Waals surface area contributed by atoms with Crippen molar-refractivity contribution in [2.45, 2.75) is 6.18 Å². The van der Waals surface area contributed by atoms with Crippen molar-refractivity contribution in [3.05, 3.63) is 59.0 Å². The molecule has 0 aliphatic carbocycles. The number of hydrogen-bond donors (Lipinski definition) is 2. The Hall–Kier alpha value is -3.14. The summed E-state index contributed by atoms with van der Waals surface area (Å²) in [4.78, 5) is 19.1. The first kappa shape index (κ1) is 17.7. The first-order chi connectivity index (χ1) is 12.3. The maximum atomic E-state index is 12.6. The highest BCUT2D eigenvalue weighted by Gasteiger charge is 2.30. The van der Waals surface area contributed by atoms with Crippen molar-refractivity contribution >= 4 is 29.2 Å². The van der Waals surface area contributed by atoms with Crippen LogP contribution in [-0.4, -0.2) is 30.8 Å². The number of anilines is 2. The summed E-state index contributed by atoms with van der Waals surface area (Å²) in [6, 6.07) is 6.23. The molecule has 0 bridgehead atoms. The second kappa shape index (κ2) is 6.64. The number of carboxylic acid groups (broad SMARTS) is 1. The van der Waals surface area contributed by atoms with E-state index in [1.165, 1.54) is 18.3 Å². The van der Waals surface area contributed by atoms with E-state index in [1.54, 1.807) is 6.07 Å². The molecule has 0 saturated heterocycles. The summed E-state index contributed by atoms with van der Waals surface area (Å²) in [5, 5.41) is 16.2. The Kier molecular flexibility index (Phi) is 4.51. The molecule has 0 fully saturated rings. The lowest BCUT2D eigenvalue weighted by Gasteiger charge is -2.07. The molecule has 0 radical (unpaired) electrons. The molecule has 11 heteroatoms. The first-order valence-corrected chi connectivity index (χ1v) is 7.38. The van der Waals surface area contributed by atoms with Gasteiger partial charge in [0.25, 0.3) is 0 Å². The van der Waals surface area contributed by atoms with Crippen molar-refractivity contribution in [3.8, 4) is 5.82 Å². The molecule has 3 heterocycles. The number of carbonyl (C=O) groups is 1. The summed E-state index contributed by atoms with van der Waals surface area (Å²) in [5.41, 5.74) is -1.14. The van der Waals surface area contributed by atoms with Gasteiger partial charge in [0.05, 0.1) is 10.6 Å². The Bertz CT molecular complexity index is 957. The Morgan fingerprint density at radius 2 is 1.96 bits per heavy atom. The Balaban J connectivity index is 1.93. The molecule has 0 saturated carbocycles. The summed E-state index contributed by atoms with van der Waals surface area (Å²) in [6.45, 7) is 0. The van der Waals surface area contributed by atoms with Crippen LogP contribution in [-0.2, 0) is 6.18 Å². The number of hydrogen-bond acceptors (Lipinski definition) is 5. The fourth-order valence-electron chi connectivity index (χ4n) is 2.06. The fraction of sp³-hybridized carbons (Fsp3) is 0.0667. The summed E-state index contributed by atoms with van der Waals surface area (Å²) >= 11 is 6.01. The van der Waals surface area contributed by atoms with Crippen LogP contribution < -0.4 is 5.32 Å². The van der Waals surface area contributed by atoms with Gasteiger partial charge in [0.15, 0.2) is 17.3 Å². The van der Waals surface area contributed by atoms with Gasteiger partial charge in [-0.25, -0.2) is 19.4 Å². The molecule has 0 atom stereocenters. The van der Waals surface area contributed by atoms with Crippen LogP contribution in [0.5, 0.6) is 0 Å². The van der Waals surface area contributed by atoms with E-state index in [9.17, 15) is 23.1 Å². The second-order valence-corrected chi connectivity index (χ2v) is 5.40. The average Bonchev–Trinajstić information content (AvgIpc) is 2.99. The van der Waals surface area contributed by atoms with Crippen LogP contribution in [0.4, 0.5) is 24.8 Å². The van der Waals surface area contributed by atoms with E-state index in [1.807, 2.05) is 0 Å². The lowest BCUT2D eigenvalue weighted by atomic mass is 10.3. The molecular formula is C15H9ClF3N5O2. The highest BCUT2D eigenvalue weighted by molar-refractivity contribution is 6.32. The molecule has 134 valence electrons. The monoisotopic (exact) mass is 383 g/mol. The summed E-state index contributed by atoms with van der Waals surface area (Å²) < 4.78 is 38.7. The highest BCUT2D eigenvalue weighted by Crippen LogP contribution is 2.29. The zero-order valence-electron chi connectivity index (χ0n) is 12.7. The van der Waals surface area contributed by atoms with Gasteiger partial charge in [-0.05, 0) is 24.3 Å². The van der Waals surface area contributed by atoms with Crippen LogP contribution in [0, 0.1) is 0 Å². The second-order valence-electron chi connectivity index (χ2n) is 5.00. The van der Waals surface area contributed by atoms with E-state index in [0.29, 0.717) is 6.20 Å². The standard InChI is InChI=1S/C15H9ClF3N5O2/c16-9-2-1-5-20-13(9)24-10(14(25)26)6-12(23-24)22-11-4-3-8(7-21-11)15(17,18)19/h1-7H,(H,25,26)(H,21,22,23). The number of pyridine rings is 2. The quantitative estimate of drug-likeness (QED) is 0.712.